The monoisotopic (exact) mass is 352 g/mol. The van der Waals surface area contributed by atoms with Crippen LogP contribution >= 0.6 is 11.6 Å². The molecular weight excluding hydrogens is 340 g/mol. The fraction of sp³-hybridized carbons (Fsp3) is 0.105. The number of benzene rings is 2. The van der Waals surface area contributed by atoms with Crippen LogP contribution in [0.5, 0.6) is 0 Å². The van der Waals surface area contributed by atoms with Crippen molar-refractivity contribution in [3.63, 3.8) is 0 Å². The van der Waals surface area contributed by atoms with E-state index in [2.05, 4.69) is 4.98 Å². The fourth-order valence-electron chi connectivity index (χ4n) is 3.05. The van der Waals surface area contributed by atoms with Crippen LogP contribution in [0.1, 0.15) is 28.2 Å². The van der Waals surface area contributed by atoms with E-state index in [1.807, 2.05) is 6.08 Å². The molecule has 0 aliphatic carbocycles. The number of aromatic carboxylic acids is 1. The molecule has 0 saturated heterocycles. The molecule has 3 aromatic rings. The Morgan fingerprint density at radius 2 is 1.96 bits per heavy atom. The molecule has 4 rings (SSSR count). The van der Waals surface area contributed by atoms with Crippen LogP contribution in [0.25, 0.3) is 22.6 Å². The SMILES string of the molecule is O=C(O)c1ccc(/C=C2/CCn3c2nc2cc(Cl)ccc2c3=O)cc1. The summed E-state index contributed by atoms with van der Waals surface area (Å²) in [5.74, 6) is -0.316. The summed E-state index contributed by atoms with van der Waals surface area (Å²) in [5.41, 5.74) is 2.57. The highest BCUT2D eigenvalue weighted by Crippen LogP contribution is 2.28. The summed E-state index contributed by atoms with van der Waals surface area (Å²) in [6.45, 7) is 0.582. The number of carbonyl (C=O) groups is 1. The van der Waals surface area contributed by atoms with Gasteiger partial charge in [0.15, 0.2) is 0 Å². The number of nitrogens with zero attached hydrogens (tertiary/aromatic N) is 2. The first kappa shape index (κ1) is 15.6. The van der Waals surface area contributed by atoms with Crippen molar-refractivity contribution in [2.45, 2.75) is 13.0 Å². The van der Waals surface area contributed by atoms with E-state index in [1.54, 1.807) is 47.0 Å². The minimum atomic E-state index is -0.956. The standard InChI is InChI=1S/C19H13ClN2O3/c20-14-5-6-15-16(10-14)21-17-13(7-8-22(17)18(15)23)9-11-1-3-12(4-2-11)19(24)25/h1-6,9-10H,7-8H2,(H,24,25)/b13-9-. The van der Waals surface area contributed by atoms with E-state index in [0.717, 1.165) is 11.1 Å². The molecule has 25 heavy (non-hydrogen) atoms. The highest BCUT2D eigenvalue weighted by molar-refractivity contribution is 6.31. The minimum Gasteiger partial charge on any atom is -0.478 e. The van der Waals surface area contributed by atoms with Crippen molar-refractivity contribution in [1.29, 1.82) is 0 Å². The number of rotatable bonds is 2. The van der Waals surface area contributed by atoms with E-state index in [1.165, 1.54) is 0 Å². The summed E-state index contributed by atoms with van der Waals surface area (Å²) < 4.78 is 1.67. The van der Waals surface area contributed by atoms with Crippen molar-refractivity contribution in [2.75, 3.05) is 0 Å². The van der Waals surface area contributed by atoms with Crippen molar-refractivity contribution in [1.82, 2.24) is 9.55 Å². The minimum absolute atomic E-state index is 0.0682. The molecule has 2 aromatic carbocycles. The highest BCUT2D eigenvalue weighted by atomic mass is 35.5. The van der Waals surface area contributed by atoms with Crippen molar-refractivity contribution in [2.24, 2.45) is 0 Å². The quantitative estimate of drug-likeness (QED) is 0.763. The van der Waals surface area contributed by atoms with Crippen LogP contribution in [0, 0.1) is 0 Å². The summed E-state index contributed by atoms with van der Waals surface area (Å²) in [6.07, 6.45) is 2.64. The molecule has 1 aliphatic rings. The number of hydrogen-bond acceptors (Lipinski definition) is 3. The summed E-state index contributed by atoms with van der Waals surface area (Å²) >= 11 is 6.02. The van der Waals surface area contributed by atoms with Gasteiger partial charge >= 0.3 is 5.97 Å². The topological polar surface area (TPSA) is 72.2 Å². The molecule has 0 atom stereocenters. The van der Waals surface area contributed by atoms with Gasteiger partial charge in [-0.1, -0.05) is 23.7 Å². The molecular formula is C19H13ClN2O3. The van der Waals surface area contributed by atoms with Gasteiger partial charge in [0.1, 0.15) is 5.82 Å². The molecule has 0 radical (unpaired) electrons. The van der Waals surface area contributed by atoms with Gasteiger partial charge in [0.25, 0.3) is 5.56 Å². The third kappa shape index (κ3) is 2.72. The zero-order chi connectivity index (χ0) is 17.6. The molecule has 0 amide bonds. The average Bonchev–Trinajstić information content (AvgIpc) is 2.98. The van der Waals surface area contributed by atoms with E-state index >= 15 is 0 Å². The largest absolute Gasteiger partial charge is 0.478 e. The summed E-state index contributed by atoms with van der Waals surface area (Å²) in [7, 11) is 0. The van der Waals surface area contributed by atoms with E-state index < -0.39 is 5.97 Å². The molecule has 0 saturated carbocycles. The first-order valence-corrected chi connectivity index (χ1v) is 8.15. The summed E-state index contributed by atoms with van der Waals surface area (Å²) in [4.78, 5) is 28.2. The Balaban J connectivity index is 1.82. The molecule has 6 heteroatoms. The smallest absolute Gasteiger partial charge is 0.335 e. The molecule has 1 N–H and O–H groups in total. The van der Waals surface area contributed by atoms with Crippen LogP contribution in [0.3, 0.4) is 0 Å². The predicted octanol–water partition coefficient (Wildman–Crippen LogP) is 3.69. The Bertz CT molecular complexity index is 1100. The molecule has 124 valence electrons. The second-order valence-electron chi connectivity index (χ2n) is 5.90. The molecule has 5 nitrogen and oxygen atoms in total. The first-order valence-electron chi connectivity index (χ1n) is 7.77. The van der Waals surface area contributed by atoms with Gasteiger partial charge in [0.2, 0.25) is 0 Å². The summed E-state index contributed by atoms with van der Waals surface area (Å²) in [5, 5.41) is 10.1. The number of aromatic nitrogens is 2. The van der Waals surface area contributed by atoms with Crippen LogP contribution in [0.2, 0.25) is 5.02 Å². The molecule has 1 aliphatic heterocycles. The number of halogens is 1. The number of carboxylic acids is 1. The lowest BCUT2D eigenvalue weighted by Gasteiger charge is -2.06. The van der Waals surface area contributed by atoms with Gasteiger partial charge in [-0.05, 0) is 54.0 Å². The maximum Gasteiger partial charge on any atom is 0.335 e. The Morgan fingerprint density at radius 3 is 2.68 bits per heavy atom. The number of carboxylic acid groups (broad SMARTS) is 1. The second kappa shape index (κ2) is 5.86. The Hall–Kier alpha value is -2.92. The van der Waals surface area contributed by atoms with E-state index in [9.17, 15) is 9.59 Å². The van der Waals surface area contributed by atoms with Crippen LogP contribution in [-0.2, 0) is 6.54 Å². The van der Waals surface area contributed by atoms with Gasteiger partial charge in [-0.3, -0.25) is 9.36 Å². The van der Waals surface area contributed by atoms with Gasteiger partial charge < -0.3 is 5.11 Å². The maximum absolute atomic E-state index is 12.6. The normalized spacial score (nSPS) is 14.8. The third-order valence-electron chi connectivity index (χ3n) is 4.31. The van der Waals surface area contributed by atoms with Gasteiger partial charge in [-0.25, -0.2) is 9.78 Å². The lowest BCUT2D eigenvalue weighted by Crippen LogP contribution is -2.20. The van der Waals surface area contributed by atoms with Crippen molar-refractivity contribution >= 4 is 40.1 Å². The Kier molecular flexibility index (Phi) is 3.66. The van der Waals surface area contributed by atoms with Crippen molar-refractivity contribution in [3.05, 3.63) is 74.8 Å². The van der Waals surface area contributed by atoms with Gasteiger partial charge in [0, 0.05) is 11.6 Å². The zero-order valence-corrected chi connectivity index (χ0v) is 13.8. The van der Waals surface area contributed by atoms with E-state index in [4.69, 9.17) is 16.7 Å². The maximum atomic E-state index is 12.6. The summed E-state index contributed by atoms with van der Waals surface area (Å²) in [6, 6.07) is 11.7. The molecule has 1 aromatic heterocycles. The first-order chi connectivity index (χ1) is 12.0. The molecule has 0 unspecified atom stereocenters. The molecule has 0 fully saturated rings. The third-order valence-corrected chi connectivity index (χ3v) is 4.54. The van der Waals surface area contributed by atoms with E-state index in [-0.39, 0.29) is 11.1 Å². The number of hydrogen-bond donors (Lipinski definition) is 1. The second-order valence-corrected chi connectivity index (χ2v) is 6.34. The van der Waals surface area contributed by atoms with Crippen LogP contribution in [0.4, 0.5) is 0 Å². The fourth-order valence-corrected chi connectivity index (χ4v) is 3.22. The highest BCUT2D eigenvalue weighted by Gasteiger charge is 2.20. The molecule has 0 spiro atoms. The van der Waals surface area contributed by atoms with Gasteiger partial charge in [-0.2, -0.15) is 0 Å². The lowest BCUT2D eigenvalue weighted by molar-refractivity contribution is 0.0697. The van der Waals surface area contributed by atoms with Gasteiger partial charge in [0.05, 0.1) is 16.5 Å². The Morgan fingerprint density at radius 1 is 1.20 bits per heavy atom. The van der Waals surface area contributed by atoms with E-state index in [0.29, 0.717) is 34.7 Å². The van der Waals surface area contributed by atoms with Crippen molar-refractivity contribution < 1.29 is 9.90 Å². The average molecular weight is 353 g/mol. The molecule has 0 bridgehead atoms. The molecule has 2 heterocycles. The van der Waals surface area contributed by atoms with Crippen LogP contribution in [-0.4, -0.2) is 20.6 Å². The van der Waals surface area contributed by atoms with Crippen LogP contribution in [0.15, 0.2) is 47.3 Å². The number of fused-ring (bicyclic) bond motifs is 2. The Labute approximate surface area is 147 Å². The van der Waals surface area contributed by atoms with Gasteiger partial charge in [-0.15, -0.1) is 0 Å². The zero-order valence-electron chi connectivity index (χ0n) is 13.1. The number of allylic oxidation sites excluding steroid dienone is 1. The van der Waals surface area contributed by atoms with Crippen LogP contribution < -0.4 is 5.56 Å². The van der Waals surface area contributed by atoms with Crippen molar-refractivity contribution in [3.8, 4) is 0 Å². The predicted molar refractivity (Wildman–Crippen MR) is 96.9 cm³/mol. The lowest BCUT2D eigenvalue weighted by atomic mass is 10.1.